The van der Waals surface area contributed by atoms with Gasteiger partial charge in [-0.25, -0.2) is 4.79 Å². The number of rotatable bonds is 7. The number of ether oxygens (including phenoxy) is 1. The van der Waals surface area contributed by atoms with E-state index in [1.807, 2.05) is 13.8 Å². The van der Waals surface area contributed by atoms with Crippen LogP contribution in [0.1, 0.15) is 58.8 Å². The maximum absolute atomic E-state index is 12.0. The lowest BCUT2D eigenvalue weighted by molar-refractivity contribution is -0.125. The van der Waals surface area contributed by atoms with Crippen LogP contribution in [-0.4, -0.2) is 54.5 Å². The molecule has 0 aromatic carbocycles. The predicted octanol–water partition coefficient (Wildman–Crippen LogP) is 1.30. The molecule has 0 radical (unpaired) electrons. The van der Waals surface area contributed by atoms with Crippen molar-refractivity contribution in [1.82, 2.24) is 16.0 Å². The monoisotopic (exact) mass is 355 g/mol. The van der Waals surface area contributed by atoms with Gasteiger partial charge < -0.3 is 25.8 Å². The molecular formula is C18H33N3O4. The first-order chi connectivity index (χ1) is 12.0. The summed E-state index contributed by atoms with van der Waals surface area (Å²) in [7, 11) is 0. The third-order valence-corrected chi connectivity index (χ3v) is 5.02. The first-order valence-corrected chi connectivity index (χ1v) is 9.60. The fourth-order valence-corrected chi connectivity index (χ4v) is 3.67. The van der Waals surface area contributed by atoms with Gasteiger partial charge in [0, 0.05) is 18.5 Å². The Bertz CT molecular complexity index is 438. The maximum Gasteiger partial charge on any atom is 0.315 e. The van der Waals surface area contributed by atoms with Gasteiger partial charge in [0.1, 0.15) is 6.10 Å². The first-order valence-electron chi connectivity index (χ1n) is 9.60. The number of hydrogen-bond donors (Lipinski definition) is 4. The number of amides is 3. The summed E-state index contributed by atoms with van der Waals surface area (Å²) in [5.41, 5.74) is 0. The highest BCUT2D eigenvalue weighted by molar-refractivity contribution is 5.78. The van der Waals surface area contributed by atoms with E-state index in [2.05, 4.69) is 16.0 Å². The van der Waals surface area contributed by atoms with Crippen LogP contribution in [0.25, 0.3) is 0 Å². The first kappa shape index (κ1) is 20.0. The second-order valence-electron chi connectivity index (χ2n) is 7.50. The minimum Gasteiger partial charge on any atom is -0.394 e. The van der Waals surface area contributed by atoms with Crippen LogP contribution in [0.5, 0.6) is 0 Å². The average molecular weight is 355 g/mol. The summed E-state index contributed by atoms with van der Waals surface area (Å²) in [6.45, 7) is 4.27. The van der Waals surface area contributed by atoms with Crippen LogP contribution in [-0.2, 0) is 9.53 Å². The van der Waals surface area contributed by atoms with E-state index in [0.29, 0.717) is 6.54 Å². The van der Waals surface area contributed by atoms with Crippen LogP contribution in [0.15, 0.2) is 0 Å². The number of aliphatic hydroxyl groups excluding tert-OH is 1. The highest BCUT2D eigenvalue weighted by Gasteiger charge is 2.32. The van der Waals surface area contributed by atoms with Crippen molar-refractivity contribution in [2.75, 3.05) is 13.2 Å². The van der Waals surface area contributed by atoms with Crippen molar-refractivity contribution in [2.45, 2.75) is 83.1 Å². The van der Waals surface area contributed by atoms with E-state index in [0.717, 1.165) is 44.9 Å². The Morgan fingerprint density at radius 3 is 2.52 bits per heavy atom. The molecule has 7 nitrogen and oxygen atoms in total. The normalized spacial score (nSPS) is 27.3. The van der Waals surface area contributed by atoms with Gasteiger partial charge in [0.05, 0.1) is 18.8 Å². The predicted molar refractivity (Wildman–Crippen MR) is 95.2 cm³/mol. The molecule has 0 spiro atoms. The number of urea groups is 1. The van der Waals surface area contributed by atoms with E-state index >= 15 is 0 Å². The fraction of sp³-hybridized carbons (Fsp3) is 0.889. The molecule has 1 saturated carbocycles. The third kappa shape index (κ3) is 6.47. The van der Waals surface area contributed by atoms with Crippen LogP contribution in [0.4, 0.5) is 4.79 Å². The second-order valence-corrected chi connectivity index (χ2v) is 7.50. The molecule has 0 aromatic rings. The second kappa shape index (κ2) is 9.97. The highest BCUT2D eigenvalue weighted by Crippen LogP contribution is 2.25. The molecule has 2 fully saturated rings. The number of nitrogens with one attached hydrogen (secondary N) is 3. The standard InChI is InChI=1S/C18H33N3O4/c1-12(2)20-18(24)21-15-8-7-14(25-16(15)11-22)9-10-19-17(23)13-5-3-4-6-13/h12-16,22H,3-11H2,1-2H3,(H,19,23)(H2,20,21,24)/t14-,15-,16+/m1/s1. The van der Waals surface area contributed by atoms with Crippen LogP contribution in [0.3, 0.4) is 0 Å². The Hall–Kier alpha value is -1.34. The summed E-state index contributed by atoms with van der Waals surface area (Å²) in [5, 5.41) is 18.2. The average Bonchev–Trinajstić information content (AvgIpc) is 3.09. The van der Waals surface area contributed by atoms with Crippen molar-refractivity contribution in [2.24, 2.45) is 5.92 Å². The summed E-state index contributed by atoms with van der Waals surface area (Å²) in [6.07, 6.45) is 6.23. The molecule has 1 aliphatic carbocycles. The molecule has 3 atom stereocenters. The molecule has 1 saturated heterocycles. The number of hydrogen-bond acceptors (Lipinski definition) is 4. The maximum atomic E-state index is 12.0. The smallest absolute Gasteiger partial charge is 0.315 e. The Kier molecular flexibility index (Phi) is 7.96. The molecule has 4 N–H and O–H groups in total. The minimum absolute atomic E-state index is 0.00670. The SMILES string of the molecule is CC(C)NC(=O)N[C@@H]1CC[C@H](CCNC(=O)C2CCCC2)O[C@H]1CO. The van der Waals surface area contributed by atoms with Crippen LogP contribution < -0.4 is 16.0 Å². The number of aliphatic hydroxyl groups is 1. The molecule has 0 bridgehead atoms. The summed E-state index contributed by atoms with van der Waals surface area (Å²) in [5.74, 6) is 0.349. The number of carbonyl (C=O) groups excluding carboxylic acids is 2. The van der Waals surface area contributed by atoms with E-state index in [1.165, 1.54) is 0 Å². The van der Waals surface area contributed by atoms with Gasteiger partial charge >= 0.3 is 6.03 Å². The summed E-state index contributed by atoms with van der Waals surface area (Å²) in [6, 6.07) is -0.356. The molecule has 0 unspecified atom stereocenters. The van der Waals surface area contributed by atoms with Gasteiger partial charge in [-0.2, -0.15) is 0 Å². The van der Waals surface area contributed by atoms with Gasteiger partial charge in [-0.15, -0.1) is 0 Å². The lowest BCUT2D eigenvalue weighted by atomic mass is 9.97. The van der Waals surface area contributed by atoms with Gasteiger partial charge in [0.2, 0.25) is 5.91 Å². The summed E-state index contributed by atoms with van der Waals surface area (Å²) < 4.78 is 5.92. The molecule has 3 amide bonds. The molecule has 144 valence electrons. The van der Waals surface area contributed by atoms with Gasteiger partial charge in [0.15, 0.2) is 0 Å². The summed E-state index contributed by atoms with van der Waals surface area (Å²) in [4.78, 5) is 23.9. The largest absolute Gasteiger partial charge is 0.394 e. The van der Waals surface area contributed by atoms with E-state index in [-0.39, 0.29) is 42.7 Å². The molecular weight excluding hydrogens is 322 g/mol. The molecule has 2 aliphatic rings. The fourth-order valence-electron chi connectivity index (χ4n) is 3.67. The highest BCUT2D eigenvalue weighted by atomic mass is 16.5. The zero-order chi connectivity index (χ0) is 18.2. The van der Waals surface area contributed by atoms with Crippen LogP contribution in [0, 0.1) is 5.92 Å². The van der Waals surface area contributed by atoms with E-state index < -0.39 is 6.10 Å². The topological polar surface area (TPSA) is 99.7 Å². The molecule has 7 heteroatoms. The molecule has 0 aromatic heterocycles. The third-order valence-electron chi connectivity index (χ3n) is 5.02. The zero-order valence-corrected chi connectivity index (χ0v) is 15.4. The van der Waals surface area contributed by atoms with E-state index in [4.69, 9.17) is 4.74 Å². The van der Waals surface area contributed by atoms with Crippen LogP contribution >= 0.6 is 0 Å². The van der Waals surface area contributed by atoms with Gasteiger partial charge in [-0.1, -0.05) is 12.8 Å². The van der Waals surface area contributed by atoms with Crippen molar-refractivity contribution in [1.29, 1.82) is 0 Å². The van der Waals surface area contributed by atoms with Crippen molar-refractivity contribution in [3.8, 4) is 0 Å². The lowest BCUT2D eigenvalue weighted by Gasteiger charge is -2.36. The Morgan fingerprint density at radius 2 is 1.88 bits per heavy atom. The van der Waals surface area contributed by atoms with Crippen molar-refractivity contribution in [3.63, 3.8) is 0 Å². The Labute approximate surface area is 150 Å². The molecule has 1 aliphatic heterocycles. The van der Waals surface area contributed by atoms with Gasteiger partial charge in [-0.05, 0) is 46.0 Å². The Balaban J connectivity index is 1.69. The van der Waals surface area contributed by atoms with Crippen molar-refractivity contribution < 1.29 is 19.4 Å². The zero-order valence-electron chi connectivity index (χ0n) is 15.4. The molecule has 1 heterocycles. The number of carbonyl (C=O) groups is 2. The molecule has 25 heavy (non-hydrogen) atoms. The molecule has 2 rings (SSSR count). The Morgan fingerprint density at radius 1 is 1.16 bits per heavy atom. The van der Waals surface area contributed by atoms with Crippen molar-refractivity contribution in [3.05, 3.63) is 0 Å². The lowest BCUT2D eigenvalue weighted by Crippen LogP contribution is -2.54. The van der Waals surface area contributed by atoms with Gasteiger partial charge in [-0.3, -0.25) is 4.79 Å². The van der Waals surface area contributed by atoms with E-state index in [1.54, 1.807) is 0 Å². The van der Waals surface area contributed by atoms with E-state index in [9.17, 15) is 14.7 Å². The summed E-state index contributed by atoms with van der Waals surface area (Å²) >= 11 is 0. The van der Waals surface area contributed by atoms with Crippen molar-refractivity contribution >= 4 is 11.9 Å². The van der Waals surface area contributed by atoms with Gasteiger partial charge in [0.25, 0.3) is 0 Å². The minimum atomic E-state index is -0.401. The quantitative estimate of drug-likeness (QED) is 0.553. The van der Waals surface area contributed by atoms with Crippen LogP contribution in [0.2, 0.25) is 0 Å².